The smallest absolute Gasteiger partial charge is 0.205 e. The number of hydrogen-bond acceptors (Lipinski definition) is 2. The van der Waals surface area contributed by atoms with Gasteiger partial charge in [-0.2, -0.15) is 0 Å². The lowest BCUT2D eigenvalue weighted by Crippen LogP contribution is -2.68. The van der Waals surface area contributed by atoms with Gasteiger partial charge in [-0.1, -0.05) is 123 Å². The van der Waals surface area contributed by atoms with Crippen LogP contribution in [-0.4, -0.2) is 12.4 Å². The number of fused-ring (bicyclic) bond motifs is 5. The molecule has 0 amide bonds. The Balaban J connectivity index is 1.73. The Morgan fingerprint density at radius 3 is 1.64 bits per heavy atom. The summed E-state index contributed by atoms with van der Waals surface area (Å²) in [7, 11) is 0. The SMILES string of the molecule is CCCCN=C1OC2(c3ccccc3-c3ccccc32)C1(c1ccccc1)c1ccccc1. The fourth-order valence-electron chi connectivity index (χ4n) is 5.80. The van der Waals surface area contributed by atoms with E-state index in [0.717, 1.165) is 25.3 Å². The second kappa shape index (κ2) is 7.74. The summed E-state index contributed by atoms with van der Waals surface area (Å²) in [5.74, 6) is 0.819. The van der Waals surface area contributed by atoms with Crippen molar-refractivity contribution in [2.24, 2.45) is 4.99 Å². The van der Waals surface area contributed by atoms with Gasteiger partial charge in [0.1, 0.15) is 5.41 Å². The number of aliphatic imine (C=N–C) groups is 1. The van der Waals surface area contributed by atoms with Gasteiger partial charge < -0.3 is 4.74 Å². The molecule has 2 heteroatoms. The Bertz CT molecular complexity index is 1240. The number of ether oxygens (including phenoxy) is 1. The van der Waals surface area contributed by atoms with Crippen LogP contribution in [0.1, 0.15) is 42.0 Å². The van der Waals surface area contributed by atoms with E-state index in [-0.39, 0.29) is 0 Å². The summed E-state index contributed by atoms with van der Waals surface area (Å²) in [4.78, 5) is 5.08. The van der Waals surface area contributed by atoms with Crippen LogP contribution in [0.15, 0.2) is 114 Å². The standard InChI is InChI=1S/C31H27NO/c1-2-3-22-32-29-30(23-14-6-4-7-15-23,24-16-8-5-9-17-24)31(33-29)27-20-12-10-18-25(27)26-19-11-13-21-28(26)31/h4-21H,2-3,22H2,1H3. The molecule has 0 unspecified atom stereocenters. The van der Waals surface area contributed by atoms with E-state index in [1.165, 1.54) is 33.4 Å². The van der Waals surface area contributed by atoms with E-state index >= 15 is 0 Å². The van der Waals surface area contributed by atoms with Crippen LogP contribution in [0.4, 0.5) is 0 Å². The molecular formula is C31H27NO. The number of hydrogen-bond donors (Lipinski definition) is 0. The van der Waals surface area contributed by atoms with Crippen LogP contribution < -0.4 is 0 Å². The average molecular weight is 430 g/mol. The van der Waals surface area contributed by atoms with Crippen molar-refractivity contribution in [2.45, 2.75) is 30.8 Å². The van der Waals surface area contributed by atoms with Crippen molar-refractivity contribution in [2.75, 3.05) is 6.54 Å². The molecule has 4 aromatic carbocycles. The number of nitrogens with zero attached hydrogens (tertiary/aromatic N) is 1. The molecule has 0 bridgehead atoms. The van der Waals surface area contributed by atoms with E-state index in [2.05, 4.69) is 116 Å². The minimum Gasteiger partial charge on any atom is -0.462 e. The third-order valence-corrected chi connectivity index (χ3v) is 7.18. The molecule has 0 saturated carbocycles. The largest absolute Gasteiger partial charge is 0.462 e. The fourth-order valence-corrected chi connectivity index (χ4v) is 5.80. The number of benzene rings is 4. The minimum atomic E-state index is -0.659. The van der Waals surface area contributed by atoms with Crippen molar-refractivity contribution in [3.8, 4) is 11.1 Å². The van der Waals surface area contributed by atoms with Crippen LogP contribution in [0.2, 0.25) is 0 Å². The average Bonchev–Trinajstić information content (AvgIpc) is 3.18. The molecule has 1 spiro atoms. The van der Waals surface area contributed by atoms with Crippen LogP contribution in [-0.2, 0) is 15.8 Å². The highest BCUT2D eigenvalue weighted by Gasteiger charge is 2.73. The molecule has 1 heterocycles. The number of unbranched alkanes of at least 4 members (excludes halogenated alkanes) is 1. The van der Waals surface area contributed by atoms with Gasteiger partial charge in [-0.05, 0) is 28.7 Å². The van der Waals surface area contributed by atoms with Gasteiger partial charge in [0.05, 0.1) is 0 Å². The molecule has 1 aliphatic heterocycles. The second-order valence-electron chi connectivity index (χ2n) is 8.90. The normalized spacial score (nSPS) is 17.8. The monoisotopic (exact) mass is 429 g/mol. The van der Waals surface area contributed by atoms with E-state index < -0.39 is 11.0 Å². The van der Waals surface area contributed by atoms with E-state index in [1.807, 2.05) is 0 Å². The van der Waals surface area contributed by atoms with E-state index in [4.69, 9.17) is 9.73 Å². The molecule has 0 aromatic heterocycles. The summed E-state index contributed by atoms with van der Waals surface area (Å²) in [5, 5.41) is 0. The maximum Gasteiger partial charge on any atom is 0.205 e. The highest BCUT2D eigenvalue weighted by atomic mass is 16.5. The Morgan fingerprint density at radius 2 is 1.12 bits per heavy atom. The van der Waals surface area contributed by atoms with Crippen LogP contribution >= 0.6 is 0 Å². The van der Waals surface area contributed by atoms with Crippen molar-refractivity contribution in [1.82, 2.24) is 0 Å². The van der Waals surface area contributed by atoms with Crippen molar-refractivity contribution in [3.63, 3.8) is 0 Å². The third kappa shape index (κ3) is 2.58. The molecule has 1 saturated heterocycles. The van der Waals surface area contributed by atoms with Crippen LogP contribution in [0, 0.1) is 0 Å². The van der Waals surface area contributed by atoms with E-state index in [1.54, 1.807) is 0 Å². The van der Waals surface area contributed by atoms with Crippen LogP contribution in [0.3, 0.4) is 0 Å². The zero-order chi connectivity index (χ0) is 22.3. The Hall–Kier alpha value is -3.65. The zero-order valence-corrected chi connectivity index (χ0v) is 18.9. The van der Waals surface area contributed by atoms with Crippen molar-refractivity contribution in [1.29, 1.82) is 0 Å². The van der Waals surface area contributed by atoms with Crippen molar-refractivity contribution < 1.29 is 4.74 Å². The maximum absolute atomic E-state index is 6.96. The Kier molecular flexibility index (Phi) is 4.69. The first-order chi connectivity index (χ1) is 16.3. The molecule has 1 fully saturated rings. The van der Waals surface area contributed by atoms with Crippen molar-refractivity contribution in [3.05, 3.63) is 131 Å². The van der Waals surface area contributed by atoms with Gasteiger partial charge in [-0.3, -0.25) is 4.99 Å². The van der Waals surface area contributed by atoms with Gasteiger partial charge in [-0.15, -0.1) is 0 Å². The molecule has 1 aliphatic carbocycles. The second-order valence-corrected chi connectivity index (χ2v) is 8.90. The van der Waals surface area contributed by atoms with Gasteiger partial charge in [0.2, 0.25) is 5.90 Å². The van der Waals surface area contributed by atoms with Crippen molar-refractivity contribution >= 4 is 5.90 Å². The molecule has 4 aromatic rings. The molecule has 0 atom stereocenters. The maximum atomic E-state index is 6.96. The molecule has 0 N–H and O–H groups in total. The number of rotatable bonds is 5. The summed E-state index contributed by atoms with van der Waals surface area (Å²) < 4.78 is 6.96. The summed E-state index contributed by atoms with van der Waals surface area (Å²) in [6.45, 7) is 2.97. The van der Waals surface area contributed by atoms with Gasteiger partial charge in [0.15, 0.2) is 5.60 Å². The summed E-state index contributed by atoms with van der Waals surface area (Å²) in [6.07, 6.45) is 2.16. The van der Waals surface area contributed by atoms with E-state index in [0.29, 0.717) is 0 Å². The molecule has 162 valence electrons. The molecule has 2 aliphatic rings. The lowest BCUT2D eigenvalue weighted by atomic mass is 9.55. The predicted octanol–water partition coefficient (Wildman–Crippen LogP) is 7.13. The zero-order valence-electron chi connectivity index (χ0n) is 18.9. The minimum absolute atomic E-state index is 0.536. The van der Waals surface area contributed by atoms with Gasteiger partial charge in [0.25, 0.3) is 0 Å². The van der Waals surface area contributed by atoms with Crippen LogP contribution in [0.25, 0.3) is 11.1 Å². The third-order valence-electron chi connectivity index (χ3n) is 7.18. The van der Waals surface area contributed by atoms with Gasteiger partial charge in [-0.25, -0.2) is 0 Å². The summed E-state index contributed by atoms with van der Waals surface area (Å²) in [5.41, 5.74) is 6.16. The summed E-state index contributed by atoms with van der Waals surface area (Å²) in [6, 6.07) is 39.0. The lowest BCUT2D eigenvalue weighted by Gasteiger charge is -2.59. The van der Waals surface area contributed by atoms with Crippen LogP contribution in [0.5, 0.6) is 0 Å². The first-order valence-corrected chi connectivity index (χ1v) is 11.9. The lowest BCUT2D eigenvalue weighted by molar-refractivity contribution is -0.0319. The molecule has 33 heavy (non-hydrogen) atoms. The van der Waals surface area contributed by atoms with Gasteiger partial charge in [0, 0.05) is 17.7 Å². The Morgan fingerprint density at radius 1 is 0.636 bits per heavy atom. The van der Waals surface area contributed by atoms with Gasteiger partial charge >= 0.3 is 0 Å². The first-order valence-electron chi connectivity index (χ1n) is 11.9. The molecular weight excluding hydrogens is 402 g/mol. The molecule has 6 rings (SSSR count). The van der Waals surface area contributed by atoms with E-state index in [9.17, 15) is 0 Å². The highest BCUT2D eigenvalue weighted by Crippen LogP contribution is 2.67. The molecule has 2 nitrogen and oxygen atoms in total. The topological polar surface area (TPSA) is 21.6 Å². The fraction of sp³-hybridized carbons (Fsp3) is 0.194. The highest BCUT2D eigenvalue weighted by molar-refractivity contribution is 6.04. The Labute approximate surface area is 195 Å². The summed E-state index contributed by atoms with van der Waals surface area (Å²) >= 11 is 0. The first kappa shape index (κ1) is 20.0. The predicted molar refractivity (Wildman–Crippen MR) is 135 cm³/mol. The quantitative estimate of drug-likeness (QED) is 0.309. The molecule has 0 radical (unpaired) electrons.